The highest BCUT2D eigenvalue weighted by molar-refractivity contribution is 5.96. The Bertz CT molecular complexity index is 1310. The molecule has 0 fully saturated rings. The average molecular weight is 438 g/mol. The third-order valence-electron chi connectivity index (χ3n) is 5.04. The van der Waals surface area contributed by atoms with Gasteiger partial charge in [0.1, 0.15) is 11.6 Å². The Balaban J connectivity index is 1.73. The Labute approximate surface area is 183 Å². The van der Waals surface area contributed by atoms with E-state index in [0.717, 1.165) is 0 Å². The number of nitrogens with zero attached hydrogens (tertiary/aromatic N) is 3. The Hall–Kier alpha value is -3.88. The predicted octanol–water partition coefficient (Wildman–Crippen LogP) is 4.42. The number of ether oxygens (including phenoxy) is 1. The minimum Gasteiger partial charge on any atom is -0.489 e. The van der Waals surface area contributed by atoms with Crippen LogP contribution in [-0.2, 0) is 18.3 Å². The highest BCUT2D eigenvalue weighted by Crippen LogP contribution is 2.34. The second kappa shape index (κ2) is 8.33. The third kappa shape index (κ3) is 4.01. The standard InChI is InChI=1S/C23H23FN4O4/c1-12(2)31-18-8-4-13(10-17(18)25)23-26-22(27-32-23)15-6-7-16(24)20-14(5-9-19(29)30)11-28(3)21(15)20/h4,6-8,10-12H,5,9,25H2,1-3H3,(H,29,30). The first kappa shape index (κ1) is 21.4. The van der Waals surface area contributed by atoms with Crippen LogP contribution in [0.1, 0.15) is 25.8 Å². The van der Waals surface area contributed by atoms with Crippen molar-refractivity contribution in [3.8, 4) is 28.6 Å². The van der Waals surface area contributed by atoms with E-state index in [0.29, 0.717) is 39.0 Å². The number of carboxylic acid groups (broad SMARTS) is 1. The molecule has 0 unspecified atom stereocenters. The molecule has 3 N–H and O–H groups in total. The van der Waals surface area contributed by atoms with Gasteiger partial charge in [-0.3, -0.25) is 4.79 Å². The second-order valence-electron chi connectivity index (χ2n) is 7.82. The molecule has 8 nitrogen and oxygen atoms in total. The first-order valence-electron chi connectivity index (χ1n) is 10.1. The number of halogens is 1. The number of carboxylic acids is 1. The molecule has 0 aliphatic carbocycles. The van der Waals surface area contributed by atoms with E-state index < -0.39 is 11.8 Å². The molecule has 2 aromatic heterocycles. The molecule has 32 heavy (non-hydrogen) atoms. The number of aliphatic carboxylic acids is 1. The summed E-state index contributed by atoms with van der Waals surface area (Å²) in [4.78, 5) is 15.5. The summed E-state index contributed by atoms with van der Waals surface area (Å²) < 4.78 is 27.5. The van der Waals surface area contributed by atoms with Crippen molar-refractivity contribution in [3.05, 3.63) is 47.9 Å². The van der Waals surface area contributed by atoms with Gasteiger partial charge in [0.15, 0.2) is 0 Å². The highest BCUT2D eigenvalue weighted by atomic mass is 19.1. The number of benzene rings is 2. The predicted molar refractivity (Wildman–Crippen MR) is 118 cm³/mol. The number of aryl methyl sites for hydroxylation is 2. The molecule has 9 heteroatoms. The van der Waals surface area contributed by atoms with Crippen molar-refractivity contribution < 1.29 is 23.6 Å². The Morgan fingerprint density at radius 1 is 1.31 bits per heavy atom. The molecule has 2 aromatic carbocycles. The van der Waals surface area contributed by atoms with E-state index in [1.54, 1.807) is 42.1 Å². The van der Waals surface area contributed by atoms with Crippen LogP contribution in [0.25, 0.3) is 33.7 Å². The largest absolute Gasteiger partial charge is 0.489 e. The molecule has 0 amide bonds. The van der Waals surface area contributed by atoms with E-state index in [-0.39, 0.29) is 30.7 Å². The van der Waals surface area contributed by atoms with Crippen molar-refractivity contribution in [2.75, 3.05) is 5.73 Å². The summed E-state index contributed by atoms with van der Waals surface area (Å²) in [6.07, 6.45) is 1.85. The maximum Gasteiger partial charge on any atom is 0.303 e. The van der Waals surface area contributed by atoms with E-state index >= 15 is 0 Å². The Morgan fingerprint density at radius 3 is 2.78 bits per heavy atom. The van der Waals surface area contributed by atoms with Crippen molar-refractivity contribution in [1.29, 1.82) is 0 Å². The molecule has 2 heterocycles. The highest BCUT2D eigenvalue weighted by Gasteiger charge is 2.20. The third-order valence-corrected chi connectivity index (χ3v) is 5.04. The molecule has 0 radical (unpaired) electrons. The smallest absolute Gasteiger partial charge is 0.303 e. The molecule has 166 valence electrons. The lowest BCUT2D eigenvalue weighted by Crippen LogP contribution is -2.07. The van der Waals surface area contributed by atoms with Crippen LogP contribution in [0.15, 0.2) is 41.1 Å². The van der Waals surface area contributed by atoms with Gasteiger partial charge in [0.2, 0.25) is 5.82 Å². The van der Waals surface area contributed by atoms with E-state index in [4.69, 9.17) is 20.1 Å². The van der Waals surface area contributed by atoms with Gasteiger partial charge in [0.05, 0.1) is 17.3 Å². The second-order valence-corrected chi connectivity index (χ2v) is 7.82. The molecule has 0 aliphatic heterocycles. The van der Waals surface area contributed by atoms with Crippen LogP contribution in [0.4, 0.5) is 10.1 Å². The fourth-order valence-corrected chi connectivity index (χ4v) is 3.71. The zero-order valence-electron chi connectivity index (χ0n) is 17.9. The molecule has 4 rings (SSSR count). The Morgan fingerprint density at radius 2 is 2.09 bits per heavy atom. The number of nitrogens with two attached hydrogens (primary N) is 1. The van der Waals surface area contributed by atoms with Crippen LogP contribution in [0.3, 0.4) is 0 Å². The fraction of sp³-hybridized carbons (Fsp3) is 0.261. The molecular weight excluding hydrogens is 415 g/mol. The monoisotopic (exact) mass is 438 g/mol. The summed E-state index contributed by atoms with van der Waals surface area (Å²) >= 11 is 0. The van der Waals surface area contributed by atoms with Crippen molar-refractivity contribution in [1.82, 2.24) is 14.7 Å². The number of aromatic nitrogens is 3. The van der Waals surface area contributed by atoms with Crippen molar-refractivity contribution in [3.63, 3.8) is 0 Å². The minimum atomic E-state index is -0.939. The van der Waals surface area contributed by atoms with Crippen LogP contribution in [0.5, 0.6) is 5.75 Å². The van der Waals surface area contributed by atoms with Gasteiger partial charge >= 0.3 is 5.97 Å². The van der Waals surface area contributed by atoms with Crippen molar-refractivity contribution in [2.24, 2.45) is 7.05 Å². The normalized spacial score (nSPS) is 11.4. The lowest BCUT2D eigenvalue weighted by molar-refractivity contribution is -0.136. The van der Waals surface area contributed by atoms with Crippen molar-refractivity contribution in [2.45, 2.75) is 32.8 Å². The first-order valence-corrected chi connectivity index (χ1v) is 10.1. The van der Waals surface area contributed by atoms with Gasteiger partial charge in [0, 0.05) is 36.2 Å². The van der Waals surface area contributed by atoms with Gasteiger partial charge in [-0.1, -0.05) is 5.16 Å². The van der Waals surface area contributed by atoms with Crippen LogP contribution in [-0.4, -0.2) is 31.9 Å². The van der Waals surface area contributed by atoms with E-state index in [1.807, 2.05) is 13.8 Å². The van der Waals surface area contributed by atoms with Gasteiger partial charge in [-0.25, -0.2) is 4.39 Å². The lowest BCUT2D eigenvalue weighted by atomic mass is 10.0. The molecule has 0 saturated carbocycles. The molecule has 4 aromatic rings. The number of nitrogen functional groups attached to an aromatic ring is 1. The summed E-state index contributed by atoms with van der Waals surface area (Å²) in [6.45, 7) is 3.83. The molecular formula is C23H23FN4O4. The van der Waals surface area contributed by atoms with Gasteiger partial charge in [-0.05, 0) is 56.2 Å². The molecule has 0 aliphatic rings. The molecule has 0 atom stereocenters. The maximum atomic E-state index is 14.7. The van der Waals surface area contributed by atoms with Gasteiger partial charge in [0.25, 0.3) is 5.89 Å². The van der Waals surface area contributed by atoms with Gasteiger partial charge in [-0.2, -0.15) is 4.98 Å². The summed E-state index contributed by atoms with van der Waals surface area (Å²) in [6, 6.07) is 8.13. The summed E-state index contributed by atoms with van der Waals surface area (Å²) in [5.74, 6) is -0.244. The van der Waals surface area contributed by atoms with E-state index in [2.05, 4.69) is 10.1 Å². The molecule has 0 bridgehead atoms. The molecule has 0 spiro atoms. The summed E-state index contributed by atoms with van der Waals surface area (Å²) in [7, 11) is 1.77. The number of carbonyl (C=O) groups is 1. The van der Waals surface area contributed by atoms with E-state index in [9.17, 15) is 9.18 Å². The van der Waals surface area contributed by atoms with Crippen LogP contribution in [0.2, 0.25) is 0 Å². The van der Waals surface area contributed by atoms with Gasteiger partial charge < -0.3 is 24.7 Å². The molecule has 0 saturated heterocycles. The zero-order valence-corrected chi connectivity index (χ0v) is 17.9. The topological polar surface area (TPSA) is 116 Å². The maximum absolute atomic E-state index is 14.7. The van der Waals surface area contributed by atoms with E-state index in [1.165, 1.54) is 6.07 Å². The number of rotatable bonds is 7. The zero-order chi connectivity index (χ0) is 23.0. The van der Waals surface area contributed by atoms with Crippen molar-refractivity contribution >= 4 is 22.6 Å². The number of hydrogen-bond acceptors (Lipinski definition) is 6. The van der Waals surface area contributed by atoms with Gasteiger partial charge in [-0.15, -0.1) is 0 Å². The quantitative estimate of drug-likeness (QED) is 0.410. The number of anilines is 1. The average Bonchev–Trinajstić information content (AvgIpc) is 3.34. The summed E-state index contributed by atoms with van der Waals surface area (Å²) in [5, 5.41) is 13.4. The Kier molecular flexibility index (Phi) is 5.56. The van der Waals surface area contributed by atoms with Crippen LogP contribution < -0.4 is 10.5 Å². The number of fused-ring (bicyclic) bond motifs is 1. The lowest BCUT2D eigenvalue weighted by Gasteiger charge is -2.12. The van der Waals surface area contributed by atoms with Crippen LogP contribution in [0, 0.1) is 5.82 Å². The number of hydrogen-bond donors (Lipinski definition) is 2. The summed E-state index contributed by atoms with van der Waals surface area (Å²) in [5.41, 5.74) is 8.92. The first-order chi connectivity index (χ1) is 15.2. The van der Waals surface area contributed by atoms with Crippen LogP contribution >= 0.6 is 0 Å². The SMILES string of the molecule is CC(C)Oc1ccc(-c2nc(-c3ccc(F)c4c(CCC(=O)O)cn(C)c34)no2)cc1N. The fourth-order valence-electron chi connectivity index (χ4n) is 3.71. The minimum absolute atomic E-state index is 0.00952.